The Labute approximate surface area is 140 Å². The van der Waals surface area contributed by atoms with Crippen molar-refractivity contribution in [2.24, 2.45) is 4.99 Å². The van der Waals surface area contributed by atoms with E-state index in [0.29, 0.717) is 23.3 Å². The second-order valence-electron chi connectivity index (χ2n) is 5.39. The Kier molecular flexibility index (Phi) is 5.12. The maximum absolute atomic E-state index is 5.99. The molecule has 2 aromatic rings. The van der Waals surface area contributed by atoms with E-state index in [9.17, 15) is 0 Å². The van der Waals surface area contributed by atoms with Crippen molar-refractivity contribution in [3.8, 4) is 11.4 Å². The first-order valence-corrected chi connectivity index (χ1v) is 8.26. The average molecular weight is 334 g/mol. The predicted octanol–water partition coefficient (Wildman–Crippen LogP) is 2.95. The van der Waals surface area contributed by atoms with Gasteiger partial charge in [0.1, 0.15) is 6.54 Å². The molecule has 0 radical (unpaired) electrons. The lowest BCUT2D eigenvalue weighted by Crippen LogP contribution is -2.39. The van der Waals surface area contributed by atoms with Crippen LogP contribution in [-0.2, 0) is 6.54 Å². The lowest BCUT2D eigenvalue weighted by molar-refractivity contribution is 0.379. The minimum absolute atomic E-state index is 0.367. The SMILES string of the molecule is CCNC(=NCc1nc(-c2cccc(Cl)c2)no1)N1CCCC1. The fourth-order valence-corrected chi connectivity index (χ4v) is 2.75. The summed E-state index contributed by atoms with van der Waals surface area (Å²) in [5.74, 6) is 1.94. The molecule has 0 aliphatic carbocycles. The highest BCUT2D eigenvalue weighted by Crippen LogP contribution is 2.20. The highest BCUT2D eigenvalue weighted by molar-refractivity contribution is 6.30. The number of hydrogen-bond acceptors (Lipinski definition) is 4. The third kappa shape index (κ3) is 4.01. The van der Waals surface area contributed by atoms with Gasteiger partial charge < -0.3 is 14.7 Å². The monoisotopic (exact) mass is 333 g/mol. The fraction of sp³-hybridized carbons (Fsp3) is 0.438. The Hall–Kier alpha value is -2.08. The Morgan fingerprint density at radius 1 is 1.39 bits per heavy atom. The van der Waals surface area contributed by atoms with Gasteiger partial charge in [0, 0.05) is 30.2 Å². The second-order valence-corrected chi connectivity index (χ2v) is 5.82. The molecular formula is C16H20ClN5O. The largest absolute Gasteiger partial charge is 0.357 e. The topological polar surface area (TPSA) is 66.5 Å². The van der Waals surface area contributed by atoms with E-state index in [2.05, 4.69) is 32.3 Å². The van der Waals surface area contributed by atoms with Gasteiger partial charge in [-0.1, -0.05) is 28.9 Å². The Morgan fingerprint density at radius 3 is 2.96 bits per heavy atom. The van der Waals surface area contributed by atoms with Gasteiger partial charge in [-0.2, -0.15) is 4.98 Å². The van der Waals surface area contributed by atoms with Gasteiger partial charge in [-0.25, -0.2) is 4.99 Å². The highest BCUT2D eigenvalue weighted by atomic mass is 35.5. The first-order chi connectivity index (χ1) is 11.3. The molecule has 0 unspecified atom stereocenters. The van der Waals surface area contributed by atoms with Crippen LogP contribution < -0.4 is 5.32 Å². The van der Waals surface area contributed by atoms with Crippen LogP contribution in [0, 0.1) is 0 Å². The van der Waals surface area contributed by atoms with Crippen LogP contribution in [0.4, 0.5) is 0 Å². The summed E-state index contributed by atoms with van der Waals surface area (Å²) in [6.45, 7) is 5.36. The smallest absolute Gasteiger partial charge is 0.248 e. The Bertz CT molecular complexity index is 679. The molecule has 2 heterocycles. The number of hydrogen-bond donors (Lipinski definition) is 1. The molecular weight excluding hydrogens is 314 g/mol. The number of halogens is 1. The molecule has 1 aromatic carbocycles. The van der Waals surface area contributed by atoms with Gasteiger partial charge in [0.05, 0.1) is 0 Å². The molecule has 122 valence electrons. The molecule has 6 nitrogen and oxygen atoms in total. The van der Waals surface area contributed by atoms with Crippen LogP contribution in [0.3, 0.4) is 0 Å². The summed E-state index contributed by atoms with van der Waals surface area (Å²) in [6.07, 6.45) is 2.42. The van der Waals surface area contributed by atoms with E-state index in [1.165, 1.54) is 12.8 Å². The normalized spacial score (nSPS) is 15.2. The predicted molar refractivity (Wildman–Crippen MR) is 90.4 cm³/mol. The van der Waals surface area contributed by atoms with Crippen molar-refractivity contribution < 1.29 is 4.52 Å². The summed E-state index contributed by atoms with van der Waals surface area (Å²) in [7, 11) is 0. The van der Waals surface area contributed by atoms with E-state index in [4.69, 9.17) is 16.1 Å². The molecule has 1 N–H and O–H groups in total. The van der Waals surface area contributed by atoms with Gasteiger partial charge >= 0.3 is 0 Å². The fourth-order valence-electron chi connectivity index (χ4n) is 2.56. The van der Waals surface area contributed by atoms with Crippen molar-refractivity contribution in [3.05, 3.63) is 35.2 Å². The molecule has 0 saturated carbocycles. The lowest BCUT2D eigenvalue weighted by Gasteiger charge is -2.20. The summed E-state index contributed by atoms with van der Waals surface area (Å²) in [5, 5.41) is 7.96. The molecule has 3 rings (SSSR count). The molecule has 23 heavy (non-hydrogen) atoms. The molecule has 0 amide bonds. The third-order valence-electron chi connectivity index (χ3n) is 3.66. The lowest BCUT2D eigenvalue weighted by atomic mass is 10.2. The zero-order valence-corrected chi connectivity index (χ0v) is 13.9. The van der Waals surface area contributed by atoms with E-state index >= 15 is 0 Å². The van der Waals surface area contributed by atoms with Crippen LogP contribution in [0.5, 0.6) is 0 Å². The van der Waals surface area contributed by atoms with Crippen molar-refractivity contribution in [2.75, 3.05) is 19.6 Å². The van der Waals surface area contributed by atoms with Gasteiger partial charge in [0.25, 0.3) is 0 Å². The van der Waals surface area contributed by atoms with Crippen molar-refractivity contribution in [3.63, 3.8) is 0 Å². The molecule has 1 saturated heterocycles. The van der Waals surface area contributed by atoms with Crippen molar-refractivity contribution in [2.45, 2.75) is 26.3 Å². The van der Waals surface area contributed by atoms with Crippen LogP contribution in [0.15, 0.2) is 33.8 Å². The van der Waals surface area contributed by atoms with Gasteiger partial charge in [0.2, 0.25) is 11.7 Å². The zero-order valence-electron chi connectivity index (χ0n) is 13.1. The van der Waals surface area contributed by atoms with Crippen LogP contribution in [0.2, 0.25) is 5.02 Å². The molecule has 1 aliphatic heterocycles. The molecule has 7 heteroatoms. The van der Waals surface area contributed by atoms with Crippen molar-refractivity contribution >= 4 is 17.6 Å². The van der Waals surface area contributed by atoms with E-state index < -0.39 is 0 Å². The Balaban J connectivity index is 1.71. The van der Waals surface area contributed by atoms with Crippen LogP contribution in [-0.4, -0.2) is 40.6 Å². The summed E-state index contributed by atoms with van der Waals surface area (Å²) >= 11 is 5.99. The van der Waals surface area contributed by atoms with Gasteiger partial charge in [-0.3, -0.25) is 0 Å². The van der Waals surface area contributed by atoms with Crippen LogP contribution in [0.25, 0.3) is 11.4 Å². The number of benzene rings is 1. The van der Waals surface area contributed by atoms with Gasteiger partial charge in [0.15, 0.2) is 5.96 Å². The summed E-state index contributed by atoms with van der Waals surface area (Å²) in [5.41, 5.74) is 0.836. The molecule has 1 fully saturated rings. The summed E-state index contributed by atoms with van der Waals surface area (Å²) in [4.78, 5) is 11.3. The van der Waals surface area contributed by atoms with Crippen molar-refractivity contribution in [1.82, 2.24) is 20.4 Å². The highest BCUT2D eigenvalue weighted by Gasteiger charge is 2.16. The number of aromatic nitrogens is 2. The minimum Gasteiger partial charge on any atom is -0.357 e. The van der Waals surface area contributed by atoms with Gasteiger partial charge in [-0.05, 0) is 31.9 Å². The standard InChI is InChI=1S/C16H20ClN5O/c1-2-18-16(22-8-3-4-9-22)19-11-14-20-15(21-23-14)12-6-5-7-13(17)10-12/h5-7,10H,2-4,8-9,11H2,1H3,(H,18,19). The number of rotatable bonds is 4. The number of aliphatic imine (C=N–C) groups is 1. The number of likely N-dealkylation sites (tertiary alicyclic amines) is 1. The quantitative estimate of drug-likeness (QED) is 0.688. The van der Waals surface area contributed by atoms with E-state index in [1.807, 2.05) is 24.3 Å². The maximum Gasteiger partial charge on any atom is 0.248 e. The van der Waals surface area contributed by atoms with Crippen LogP contribution >= 0.6 is 11.6 Å². The maximum atomic E-state index is 5.99. The van der Waals surface area contributed by atoms with Gasteiger partial charge in [-0.15, -0.1) is 0 Å². The number of guanidine groups is 1. The Morgan fingerprint density at radius 2 is 2.22 bits per heavy atom. The molecule has 1 aromatic heterocycles. The third-order valence-corrected chi connectivity index (χ3v) is 3.89. The molecule has 0 bridgehead atoms. The minimum atomic E-state index is 0.367. The van der Waals surface area contributed by atoms with E-state index in [-0.39, 0.29) is 0 Å². The first-order valence-electron chi connectivity index (χ1n) is 7.88. The van der Waals surface area contributed by atoms with E-state index in [0.717, 1.165) is 31.2 Å². The van der Waals surface area contributed by atoms with Crippen molar-refractivity contribution in [1.29, 1.82) is 0 Å². The molecule has 1 aliphatic rings. The summed E-state index contributed by atoms with van der Waals surface area (Å²) in [6, 6.07) is 7.39. The number of nitrogens with zero attached hydrogens (tertiary/aromatic N) is 4. The van der Waals surface area contributed by atoms with Crippen LogP contribution in [0.1, 0.15) is 25.7 Å². The summed E-state index contributed by atoms with van der Waals surface area (Å²) < 4.78 is 5.29. The first kappa shape index (κ1) is 15.8. The number of nitrogens with one attached hydrogen (secondary N) is 1. The zero-order chi connectivity index (χ0) is 16.1. The average Bonchev–Trinajstić information content (AvgIpc) is 3.23. The molecule has 0 atom stereocenters. The van der Waals surface area contributed by atoms with E-state index in [1.54, 1.807) is 0 Å². The second kappa shape index (κ2) is 7.46. The molecule has 0 spiro atoms.